The maximum atomic E-state index is 12.4. The second kappa shape index (κ2) is 8.66. The first kappa shape index (κ1) is 19.0. The fourth-order valence-electron chi connectivity index (χ4n) is 2.34. The van der Waals surface area contributed by atoms with Gasteiger partial charge in [0.05, 0.1) is 7.11 Å². The van der Waals surface area contributed by atoms with Crippen LogP contribution in [0.25, 0.3) is 0 Å². The molecule has 7 heteroatoms. The summed E-state index contributed by atoms with van der Waals surface area (Å²) in [6.45, 7) is 1.29. The Balaban J connectivity index is 2.07. The summed E-state index contributed by atoms with van der Waals surface area (Å²) in [5, 5.41) is 2.62. The van der Waals surface area contributed by atoms with E-state index in [2.05, 4.69) is 5.32 Å². The number of esters is 1. The van der Waals surface area contributed by atoms with E-state index in [1.165, 1.54) is 31.2 Å². The molecule has 136 valence electrons. The van der Waals surface area contributed by atoms with Gasteiger partial charge in [0.2, 0.25) is 5.91 Å². The number of hydrogen-bond donors (Lipinski definition) is 2. The van der Waals surface area contributed by atoms with Gasteiger partial charge in [0, 0.05) is 18.9 Å². The molecule has 26 heavy (non-hydrogen) atoms. The lowest BCUT2D eigenvalue weighted by atomic mass is 10.0. The third-order valence-electron chi connectivity index (χ3n) is 3.60. The van der Waals surface area contributed by atoms with E-state index in [1.807, 2.05) is 6.07 Å². The van der Waals surface area contributed by atoms with Crippen LogP contribution in [0.15, 0.2) is 48.5 Å². The molecule has 7 nitrogen and oxygen atoms in total. The Kier molecular flexibility index (Phi) is 6.32. The van der Waals surface area contributed by atoms with Gasteiger partial charge >= 0.3 is 5.97 Å². The minimum atomic E-state index is -0.872. The van der Waals surface area contributed by atoms with Crippen LogP contribution < -0.4 is 20.5 Å². The second-order valence-electron chi connectivity index (χ2n) is 5.60. The van der Waals surface area contributed by atoms with Gasteiger partial charge in [-0.3, -0.25) is 14.4 Å². The Hall–Kier alpha value is -3.35. The van der Waals surface area contributed by atoms with Crippen molar-refractivity contribution in [2.45, 2.75) is 19.4 Å². The highest BCUT2D eigenvalue weighted by atomic mass is 16.5. The Morgan fingerprint density at radius 1 is 1.08 bits per heavy atom. The maximum absolute atomic E-state index is 12.4. The molecule has 0 unspecified atom stereocenters. The fourth-order valence-corrected chi connectivity index (χ4v) is 2.34. The van der Waals surface area contributed by atoms with Crippen LogP contribution in [0.2, 0.25) is 0 Å². The molecule has 1 atom stereocenters. The fraction of sp³-hybridized carbons (Fsp3) is 0.211. The first-order chi connectivity index (χ1) is 12.4. The van der Waals surface area contributed by atoms with E-state index < -0.39 is 23.8 Å². The average Bonchev–Trinajstić information content (AvgIpc) is 2.61. The van der Waals surface area contributed by atoms with E-state index in [9.17, 15) is 14.4 Å². The molecule has 0 heterocycles. The van der Waals surface area contributed by atoms with E-state index in [0.717, 1.165) is 5.56 Å². The van der Waals surface area contributed by atoms with Crippen molar-refractivity contribution < 1.29 is 23.9 Å². The molecule has 0 aliphatic carbocycles. The van der Waals surface area contributed by atoms with Gasteiger partial charge in [-0.25, -0.2) is 0 Å². The molecule has 0 bridgehead atoms. The number of rotatable bonds is 7. The summed E-state index contributed by atoms with van der Waals surface area (Å²) in [5.41, 5.74) is 6.54. The van der Waals surface area contributed by atoms with Gasteiger partial charge in [-0.05, 0) is 42.0 Å². The Morgan fingerprint density at radius 3 is 2.35 bits per heavy atom. The van der Waals surface area contributed by atoms with Crippen molar-refractivity contribution in [2.24, 2.45) is 5.73 Å². The van der Waals surface area contributed by atoms with E-state index in [1.54, 1.807) is 25.3 Å². The number of nitrogens with two attached hydrogens (primary N) is 1. The number of methoxy groups -OCH3 is 1. The zero-order chi connectivity index (χ0) is 19.1. The van der Waals surface area contributed by atoms with Crippen LogP contribution in [-0.4, -0.2) is 30.9 Å². The highest BCUT2D eigenvalue weighted by molar-refractivity contribution is 5.97. The Labute approximate surface area is 151 Å². The van der Waals surface area contributed by atoms with Crippen molar-refractivity contribution in [3.05, 3.63) is 59.7 Å². The van der Waals surface area contributed by atoms with Gasteiger partial charge in [-0.1, -0.05) is 12.1 Å². The maximum Gasteiger partial charge on any atom is 0.308 e. The predicted octanol–water partition coefficient (Wildman–Crippen LogP) is 1.45. The third-order valence-corrected chi connectivity index (χ3v) is 3.60. The summed E-state index contributed by atoms with van der Waals surface area (Å²) < 4.78 is 10.1. The van der Waals surface area contributed by atoms with Gasteiger partial charge in [0.1, 0.15) is 17.5 Å². The quantitative estimate of drug-likeness (QED) is 0.577. The van der Waals surface area contributed by atoms with E-state index in [0.29, 0.717) is 17.1 Å². The average molecular weight is 356 g/mol. The summed E-state index contributed by atoms with van der Waals surface area (Å²) in [5.74, 6) is -0.562. The normalized spacial score (nSPS) is 11.3. The largest absolute Gasteiger partial charge is 0.497 e. The van der Waals surface area contributed by atoms with Crippen LogP contribution in [-0.2, 0) is 16.0 Å². The molecule has 0 saturated heterocycles. The van der Waals surface area contributed by atoms with Gasteiger partial charge < -0.3 is 20.5 Å². The lowest BCUT2D eigenvalue weighted by Gasteiger charge is -2.16. The van der Waals surface area contributed by atoms with Crippen molar-refractivity contribution in [2.75, 3.05) is 7.11 Å². The summed E-state index contributed by atoms with van der Waals surface area (Å²) >= 11 is 0. The molecule has 0 radical (unpaired) electrons. The molecule has 0 spiro atoms. The van der Waals surface area contributed by atoms with Crippen LogP contribution in [0.4, 0.5) is 0 Å². The summed E-state index contributed by atoms with van der Waals surface area (Å²) in [6, 6.07) is 12.3. The predicted molar refractivity (Wildman–Crippen MR) is 94.9 cm³/mol. The molecule has 3 N–H and O–H groups in total. The molecule has 2 rings (SSSR count). The lowest BCUT2D eigenvalue weighted by molar-refractivity contribution is -0.131. The molecule has 2 aromatic rings. The molecular weight excluding hydrogens is 336 g/mol. The van der Waals surface area contributed by atoms with Crippen molar-refractivity contribution >= 4 is 17.8 Å². The van der Waals surface area contributed by atoms with Gasteiger partial charge in [0.15, 0.2) is 0 Å². The molecule has 0 aliphatic heterocycles. The zero-order valence-electron chi connectivity index (χ0n) is 14.5. The molecule has 0 fully saturated rings. The molecule has 2 amide bonds. The topological polar surface area (TPSA) is 108 Å². The summed E-state index contributed by atoms with van der Waals surface area (Å²) in [7, 11) is 1.55. The number of hydrogen-bond acceptors (Lipinski definition) is 5. The Bertz CT molecular complexity index is 802. The van der Waals surface area contributed by atoms with E-state index >= 15 is 0 Å². The smallest absolute Gasteiger partial charge is 0.308 e. The summed E-state index contributed by atoms with van der Waals surface area (Å²) in [4.78, 5) is 35.0. The van der Waals surface area contributed by atoms with Crippen LogP contribution in [0, 0.1) is 0 Å². The van der Waals surface area contributed by atoms with Gasteiger partial charge in [0.25, 0.3) is 5.91 Å². The van der Waals surface area contributed by atoms with Crippen LogP contribution >= 0.6 is 0 Å². The molecule has 0 aromatic heterocycles. The first-order valence-corrected chi connectivity index (χ1v) is 7.90. The van der Waals surface area contributed by atoms with Crippen LogP contribution in [0.1, 0.15) is 22.8 Å². The number of benzene rings is 2. The minimum Gasteiger partial charge on any atom is -0.497 e. The lowest BCUT2D eigenvalue weighted by Crippen LogP contribution is -2.45. The number of nitrogens with one attached hydrogen (secondary N) is 1. The number of ether oxygens (including phenoxy) is 2. The van der Waals surface area contributed by atoms with Crippen molar-refractivity contribution in [1.29, 1.82) is 0 Å². The van der Waals surface area contributed by atoms with Crippen molar-refractivity contribution in [1.82, 2.24) is 5.32 Å². The highest BCUT2D eigenvalue weighted by Crippen LogP contribution is 2.15. The second-order valence-corrected chi connectivity index (χ2v) is 5.60. The highest BCUT2D eigenvalue weighted by Gasteiger charge is 2.20. The number of carbonyl (C=O) groups is 3. The zero-order valence-corrected chi connectivity index (χ0v) is 14.5. The van der Waals surface area contributed by atoms with Crippen LogP contribution in [0.3, 0.4) is 0 Å². The standard InChI is InChI=1S/C19H20N2O5/c1-12(22)26-15-8-6-14(7-9-15)19(24)21-17(18(20)23)11-13-4-3-5-16(10-13)25-2/h3-10,17H,11H2,1-2H3,(H2,20,23)(H,21,24)/t17-/m0/s1. The monoisotopic (exact) mass is 356 g/mol. The minimum absolute atomic E-state index is 0.240. The van der Waals surface area contributed by atoms with E-state index in [4.69, 9.17) is 15.2 Å². The van der Waals surface area contributed by atoms with Gasteiger partial charge in [-0.15, -0.1) is 0 Å². The molecular formula is C19H20N2O5. The Morgan fingerprint density at radius 2 is 1.77 bits per heavy atom. The van der Waals surface area contributed by atoms with Crippen molar-refractivity contribution in [3.63, 3.8) is 0 Å². The van der Waals surface area contributed by atoms with Crippen molar-refractivity contribution in [3.8, 4) is 11.5 Å². The number of amides is 2. The number of carbonyl (C=O) groups excluding carboxylic acids is 3. The van der Waals surface area contributed by atoms with E-state index in [-0.39, 0.29) is 6.42 Å². The molecule has 2 aromatic carbocycles. The summed E-state index contributed by atoms with van der Waals surface area (Å²) in [6.07, 6.45) is 0.240. The van der Waals surface area contributed by atoms with Gasteiger partial charge in [-0.2, -0.15) is 0 Å². The first-order valence-electron chi connectivity index (χ1n) is 7.90. The third kappa shape index (κ3) is 5.34. The molecule has 0 aliphatic rings. The molecule has 0 saturated carbocycles. The van der Waals surface area contributed by atoms with Crippen LogP contribution in [0.5, 0.6) is 11.5 Å². The number of primary amides is 1. The SMILES string of the molecule is COc1cccc(C[C@H](NC(=O)c2ccc(OC(C)=O)cc2)C(N)=O)c1.